The molecule has 0 aliphatic heterocycles. The van der Waals surface area contributed by atoms with Crippen LogP contribution in [-0.2, 0) is 0 Å². The SMILES string of the molecule is CC/C=C/Nc1sc(C=O)c(C2CC2)c1C(C)=NCC1CCC(F)(F)CC1. The van der Waals surface area contributed by atoms with Gasteiger partial charge in [0.15, 0.2) is 6.29 Å². The third kappa shape index (κ3) is 5.03. The number of nitrogens with one attached hydrogen (secondary N) is 1. The van der Waals surface area contributed by atoms with E-state index in [1.807, 2.05) is 19.2 Å². The van der Waals surface area contributed by atoms with Crippen molar-refractivity contribution in [1.29, 1.82) is 0 Å². The van der Waals surface area contributed by atoms with Crippen molar-refractivity contribution in [3.63, 3.8) is 0 Å². The molecule has 148 valence electrons. The second-order valence-electron chi connectivity index (χ2n) is 7.66. The fraction of sp³-hybridized carbons (Fsp3) is 0.619. The molecule has 0 aromatic carbocycles. The lowest BCUT2D eigenvalue weighted by molar-refractivity contribution is -0.0446. The summed E-state index contributed by atoms with van der Waals surface area (Å²) in [6.07, 6.45) is 9.08. The van der Waals surface area contributed by atoms with Crippen LogP contribution in [0.1, 0.15) is 85.5 Å². The number of hydrogen-bond donors (Lipinski definition) is 1. The number of hydrogen-bond acceptors (Lipinski definition) is 4. The molecular weight excluding hydrogens is 366 g/mol. The highest BCUT2D eigenvalue weighted by Crippen LogP contribution is 2.48. The minimum absolute atomic E-state index is 0.0259. The highest BCUT2D eigenvalue weighted by molar-refractivity contribution is 7.18. The topological polar surface area (TPSA) is 41.5 Å². The van der Waals surface area contributed by atoms with Gasteiger partial charge in [0.2, 0.25) is 5.92 Å². The summed E-state index contributed by atoms with van der Waals surface area (Å²) in [6, 6.07) is 0. The number of rotatable bonds is 8. The summed E-state index contributed by atoms with van der Waals surface area (Å²) in [7, 11) is 0. The zero-order valence-corrected chi connectivity index (χ0v) is 16.9. The Labute approximate surface area is 164 Å². The predicted octanol–water partition coefficient (Wildman–Crippen LogP) is 6.41. The van der Waals surface area contributed by atoms with Crippen molar-refractivity contribution >= 4 is 28.3 Å². The maximum Gasteiger partial charge on any atom is 0.248 e. The monoisotopic (exact) mass is 394 g/mol. The molecule has 0 radical (unpaired) electrons. The standard InChI is InChI=1S/C21H28F2N2OS/c1-3-4-11-24-20-18(19(16-5-6-16)17(13-26)27-20)14(2)25-12-15-7-9-21(22,23)10-8-15/h4,11,13,15-16,24H,3,5-10,12H2,1-2H3/b11-4+,25-14?. The van der Waals surface area contributed by atoms with E-state index >= 15 is 0 Å². The summed E-state index contributed by atoms with van der Waals surface area (Å²) in [5, 5.41) is 4.28. The summed E-state index contributed by atoms with van der Waals surface area (Å²) in [5.74, 6) is -1.83. The van der Waals surface area contributed by atoms with Crippen LogP contribution in [-0.4, -0.2) is 24.5 Å². The van der Waals surface area contributed by atoms with E-state index in [9.17, 15) is 13.6 Å². The molecule has 0 bridgehead atoms. The van der Waals surface area contributed by atoms with Crippen LogP contribution in [0.4, 0.5) is 13.8 Å². The molecule has 3 rings (SSSR count). The Balaban J connectivity index is 1.81. The van der Waals surface area contributed by atoms with Crippen LogP contribution in [0.3, 0.4) is 0 Å². The van der Waals surface area contributed by atoms with E-state index in [2.05, 4.69) is 12.2 Å². The molecule has 0 amide bonds. The Morgan fingerprint density at radius 1 is 1.30 bits per heavy atom. The molecule has 1 aromatic rings. The molecule has 0 atom stereocenters. The first kappa shape index (κ1) is 20.2. The first-order valence-corrected chi connectivity index (χ1v) is 10.7. The Morgan fingerprint density at radius 2 is 2.00 bits per heavy atom. The molecule has 2 saturated carbocycles. The van der Waals surface area contributed by atoms with Gasteiger partial charge in [0.1, 0.15) is 5.00 Å². The van der Waals surface area contributed by atoms with E-state index in [0.29, 0.717) is 25.3 Å². The average Bonchev–Trinajstić information content (AvgIpc) is 3.41. The van der Waals surface area contributed by atoms with Gasteiger partial charge in [-0.1, -0.05) is 13.0 Å². The van der Waals surface area contributed by atoms with Gasteiger partial charge in [-0.05, 0) is 62.6 Å². The summed E-state index contributed by atoms with van der Waals surface area (Å²) in [6.45, 7) is 4.64. The van der Waals surface area contributed by atoms with Gasteiger partial charge in [0.05, 0.1) is 4.88 Å². The molecule has 1 aromatic heterocycles. The Bertz CT molecular complexity index is 725. The summed E-state index contributed by atoms with van der Waals surface area (Å²) < 4.78 is 26.7. The second-order valence-corrected chi connectivity index (χ2v) is 8.71. The van der Waals surface area contributed by atoms with Crippen molar-refractivity contribution in [2.24, 2.45) is 10.9 Å². The van der Waals surface area contributed by atoms with E-state index in [1.165, 1.54) is 11.3 Å². The largest absolute Gasteiger partial charge is 0.353 e. The third-order valence-electron chi connectivity index (χ3n) is 5.42. The molecule has 0 unspecified atom stereocenters. The predicted molar refractivity (Wildman–Crippen MR) is 109 cm³/mol. The number of aldehydes is 1. The minimum Gasteiger partial charge on any atom is -0.353 e. The van der Waals surface area contributed by atoms with Gasteiger partial charge in [0.25, 0.3) is 0 Å². The molecule has 27 heavy (non-hydrogen) atoms. The zero-order chi connectivity index (χ0) is 19.4. The smallest absolute Gasteiger partial charge is 0.248 e. The third-order valence-corrected chi connectivity index (χ3v) is 6.48. The number of anilines is 1. The van der Waals surface area contributed by atoms with Crippen molar-refractivity contribution in [1.82, 2.24) is 0 Å². The molecule has 0 saturated heterocycles. The number of carbonyl (C=O) groups is 1. The van der Waals surface area contributed by atoms with Gasteiger partial charge in [0, 0.05) is 30.7 Å². The average molecular weight is 395 g/mol. The van der Waals surface area contributed by atoms with Gasteiger partial charge in [-0.15, -0.1) is 11.3 Å². The van der Waals surface area contributed by atoms with Crippen LogP contribution >= 0.6 is 11.3 Å². The first-order valence-electron chi connectivity index (χ1n) is 9.87. The molecule has 6 heteroatoms. The van der Waals surface area contributed by atoms with Gasteiger partial charge in [-0.25, -0.2) is 8.78 Å². The summed E-state index contributed by atoms with van der Waals surface area (Å²) in [5.41, 5.74) is 3.08. The van der Waals surface area contributed by atoms with Crippen LogP contribution in [0, 0.1) is 5.92 Å². The fourth-order valence-electron chi connectivity index (χ4n) is 3.67. The molecule has 3 nitrogen and oxygen atoms in total. The van der Waals surface area contributed by atoms with Gasteiger partial charge in [-0.2, -0.15) is 0 Å². The van der Waals surface area contributed by atoms with E-state index in [4.69, 9.17) is 4.99 Å². The maximum absolute atomic E-state index is 13.4. The highest BCUT2D eigenvalue weighted by atomic mass is 32.1. The number of carbonyl (C=O) groups excluding carboxylic acids is 1. The maximum atomic E-state index is 13.4. The number of alkyl halides is 2. The van der Waals surface area contributed by atoms with E-state index in [-0.39, 0.29) is 18.8 Å². The van der Waals surface area contributed by atoms with Crippen molar-refractivity contribution in [2.75, 3.05) is 11.9 Å². The van der Waals surface area contributed by atoms with Gasteiger partial charge in [-0.3, -0.25) is 9.79 Å². The molecule has 2 fully saturated rings. The lowest BCUT2D eigenvalue weighted by atomic mass is 9.87. The molecular formula is C21H28F2N2OS. The van der Waals surface area contributed by atoms with E-state index in [1.54, 1.807) is 0 Å². The lowest BCUT2D eigenvalue weighted by Gasteiger charge is -2.27. The number of halogens is 2. The quantitative estimate of drug-likeness (QED) is 0.409. The first-order chi connectivity index (χ1) is 12.9. The molecule has 1 N–H and O–H groups in total. The summed E-state index contributed by atoms with van der Waals surface area (Å²) in [4.78, 5) is 17.2. The Hall–Kier alpha value is -1.56. The number of aliphatic imine (C=N–C) groups is 1. The second kappa shape index (κ2) is 8.63. The van der Waals surface area contributed by atoms with Crippen molar-refractivity contribution in [3.8, 4) is 0 Å². The lowest BCUT2D eigenvalue weighted by Crippen LogP contribution is -2.26. The fourth-order valence-corrected chi connectivity index (χ4v) is 4.80. The van der Waals surface area contributed by atoms with Crippen LogP contribution < -0.4 is 5.32 Å². The van der Waals surface area contributed by atoms with Crippen molar-refractivity contribution in [2.45, 2.75) is 70.6 Å². The van der Waals surface area contributed by atoms with Gasteiger partial charge < -0.3 is 5.32 Å². The molecule has 0 spiro atoms. The molecule has 2 aliphatic rings. The van der Waals surface area contributed by atoms with Gasteiger partial charge >= 0.3 is 0 Å². The van der Waals surface area contributed by atoms with Crippen molar-refractivity contribution < 1.29 is 13.6 Å². The van der Waals surface area contributed by atoms with Crippen LogP contribution in [0.15, 0.2) is 17.3 Å². The minimum atomic E-state index is -2.50. The van der Waals surface area contributed by atoms with E-state index in [0.717, 1.165) is 52.3 Å². The number of nitrogens with zero attached hydrogens (tertiary/aromatic N) is 1. The van der Waals surface area contributed by atoms with Crippen molar-refractivity contribution in [3.05, 3.63) is 28.3 Å². The summed E-state index contributed by atoms with van der Waals surface area (Å²) >= 11 is 1.48. The zero-order valence-electron chi connectivity index (χ0n) is 16.1. The molecule has 2 aliphatic carbocycles. The number of thiophene rings is 1. The van der Waals surface area contributed by atoms with Crippen LogP contribution in [0.25, 0.3) is 0 Å². The van der Waals surface area contributed by atoms with E-state index < -0.39 is 5.92 Å². The Morgan fingerprint density at radius 3 is 2.59 bits per heavy atom. The highest BCUT2D eigenvalue weighted by Gasteiger charge is 2.35. The van der Waals surface area contributed by atoms with Crippen LogP contribution in [0.2, 0.25) is 0 Å². The normalized spacial score (nSPS) is 21.0. The number of allylic oxidation sites excluding steroid dienone is 1. The van der Waals surface area contributed by atoms with Crippen LogP contribution in [0.5, 0.6) is 0 Å². The molecule has 1 heterocycles. The Kier molecular flexibility index (Phi) is 6.45.